The minimum atomic E-state index is 0.486. The summed E-state index contributed by atoms with van der Waals surface area (Å²) in [5, 5.41) is 3.74. The van der Waals surface area contributed by atoms with E-state index in [9.17, 15) is 0 Å². The molecule has 16 heavy (non-hydrogen) atoms. The minimum Gasteiger partial charge on any atom is -0.380 e. The third-order valence-electron chi connectivity index (χ3n) is 2.49. The van der Waals surface area contributed by atoms with Crippen molar-refractivity contribution >= 4 is 28.4 Å². The number of rotatable bonds is 3. The lowest BCUT2D eigenvalue weighted by Gasteiger charge is -2.00. The van der Waals surface area contributed by atoms with E-state index in [-0.39, 0.29) is 0 Å². The van der Waals surface area contributed by atoms with Gasteiger partial charge in [0.05, 0.1) is 3.57 Å². The Balaban J connectivity index is 2.02. The fraction of sp³-hybridized carbons (Fsp3) is 0.250. The zero-order chi connectivity index (χ0) is 11.5. The van der Waals surface area contributed by atoms with Crippen LogP contribution in [0.4, 0.5) is 5.82 Å². The molecule has 0 unspecified atom stereocenters. The molecule has 0 aliphatic heterocycles. The lowest BCUT2D eigenvalue weighted by molar-refractivity contribution is 0.385. The second-order valence-electron chi connectivity index (χ2n) is 3.79. The lowest BCUT2D eigenvalue weighted by Crippen LogP contribution is -1.93. The van der Waals surface area contributed by atoms with Gasteiger partial charge in [0.1, 0.15) is 0 Å². The normalized spacial score (nSPS) is 10.6. The van der Waals surface area contributed by atoms with Crippen molar-refractivity contribution in [3.63, 3.8) is 0 Å². The molecule has 0 bridgehead atoms. The van der Waals surface area contributed by atoms with Crippen LogP contribution >= 0.6 is 22.6 Å². The van der Waals surface area contributed by atoms with Gasteiger partial charge in [0.15, 0.2) is 11.6 Å². The van der Waals surface area contributed by atoms with Crippen molar-refractivity contribution in [1.82, 2.24) is 5.16 Å². The van der Waals surface area contributed by atoms with E-state index in [1.165, 1.54) is 11.1 Å². The fourth-order valence-electron chi connectivity index (χ4n) is 1.50. The molecule has 2 N–H and O–H groups in total. The smallest absolute Gasteiger partial charge is 0.180 e. The van der Waals surface area contributed by atoms with E-state index in [4.69, 9.17) is 10.3 Å². The van der Waals surface area contributed by atoms with Crippen LogP contribution in [-0.2, 0) is 12.8 Å². The Morgan fingerprint density at radius 3 is 2.50 bits per heavy atom. The number of nitrogen functional groups attached to an aromatic ring is 1. The second kappa shape index (κ2) is 4.86. The van der Waals surface area contributed by atoms with Crippen LogP contribution in [0.25, 0.3) is 0 Å². The van der Waals surface area contributed by atoms with Crippen LogP contribution < -0.4 is 5.73 Å². The van der Waals surface area contributed by atoms with E-state index >= 15 is 0 Å². The average molecular weight is 328 g/mol. The molecule has 0 spiro atoms. The highest BCUT2D eigenvalue weighted by Crippen LogP contribution is 2.20. The number of halogens is 1. The molecule has 2 rings (SSSR count). The first kappa shape index (κ1) is 11.4. The third-order valence-corrected chi connectivity index (χ3v) is 3.64. The summed E-state index contributed by atoms with van der Waals surface area (Å²) in [6.45, 7) is 2.09. The second-order valence-corrected chi connectivity index (χ2v) is 4.87. The monoisotopic (exact) mass is 328 g/mol. The summed E-state index contributed by atoms with van der Waals surface area (Å²) < 4.78 is 6.09. The fourth-order valence-corrected chi connectivity index (χ4v) is 1.96. The number of hydrogen-bond acceptors (Lipinski definition) is 3. The molecular weight excluding hydrogens is 315 g/mol. The zero-order valence-electron chi connectivity index (χ0n) is 9.03. The quantitative estimate of drug-likeness (QED) is 0.882. The highest BCUT2D eigenvalue weighted by Gasteiger charge is 2.10. The number of benzene rings is 1. The predicted octanol–water partition coefficient (Wildman–Crippen LogP) is 2.96. The summed E-state index contributed by atoms with van der Waals surface area (Å²) >= 11 is 2.17. The molecule has 0 atom stereocenters. The summed E-state index contributed by atoms with van der Waals surface area (Å²) in [6, 6.07) is 8.52. The van der Waals surface area contributed by atoms with Gasteiger partial charge in [-0.15, -0.1) is 0 Å². The van der Waals surface area contributed by atoms with Gasteiger partial charge in [-0.05, 0) is 41.5 Å². The minimum absolute atomic E-state index is 0.486. The summed E-state index contributed by atoms with van der Waals surface area (Å²) in [5.74, 6) is 1.36. The molecule has 1 aromatic carbocycles. The Kier molecular flexibility index (Phi) is 3.48. The average Bonchev–Trinajstić information content (AvgIpc) is 2.60. The number of hydrogen-bond donors (Lipinski definition) is 1. The first-order valence-electron chi connectivity index (χ1n) is 5.12. The molecule has 1 aromatic heterocycles. The SMILES string of the molecule is Cc1ccc(CCc2onc(N)c2I)cc1. The Labute approximate surface area is 108 Å². The van der Waals surface area contributed by atoms with Crippen LogP contribution in [0.2, 0.25) is 0 Å². The number of nitrogens with zero attached hydrogens (tertiary/aromatic N) is 1. The van der Waals surface area contributed by atoms with E-state index in [1.54, 1.807) is 0 Å². The van der Waals surface area contributed by atoms with Crippen LogP contribution in [-0.4, -0.2) is 5.16 Å². The molecule has 2 aromatic rings. The number of nitrogens with two attached hydrogens (primary N) is 1. The van der Waals surface area contributed by atoms with Crippen LogP contribution in [0.1, 0.15) is 16.9 Å². The first-order valence-corrected chi connectivity index (χ1v) is 6.20. The molecular formula is C12H13IN2O. The Bertz CT molecular complexity index is 476. The maximum absolute atomic E-state index is 5.62. The molecule has 3 nitrogen and oxygen atoms in total. The zero-order valence-corrected chi connectivity index (χ0v) is 11.2. The molecule has 0 amide bonds. The Morgan fingerprint density at radius 2 is 1.94 bits per heavy atom. The highest BCUT2D eigenvalue weighted by atomic mass is 127. The van der Waals surface area contributed by atoms with Crippen LogP contribution in [0.15, 0.2) is 28.8 Å². The standard InChI is InChI=1S/C12H13IN2O/c1-8-2-4-9(5-3-8)6-7-10-11(13)12(14)15-16-10/h2-5H,6-7H2,1H3,(H2,14,15). The molecule has 0 saturated heterocycles. The molecule has 1 heterocycles. The van der Waals surface area contributed by atoms with Crippen molar-refractivity contribution in [1.29, 1.82) is 0 Å². The molecule has 0 aliphatic rings. The predicted molar refractivity (Wildman–Crippen MR) is 72.2 cm³/mol. The number of anilines is 1. The van der Waals surface area contributed by atoms with E-state index in [2.05, 4.69) is 58.9 Å². The number of aromatic nitrogens is 1. The Morgan fingerprint density at radius 1 is 1.25 bits per heavy atom. The Hall–Kier alpha value is -1.04. The van der Waals surface area contributed by atoms with Gasteiger partial charge in [-0.25, -0.2) is 0 Å². The lowest BCUT2D eigenvalue weighted by atomic mass is 10.1. The number of aryl methyl sites for hydroxylation is 3. The van der Waals surface area contributed by atoms with E-state index in [0.29, 0.717) is 5.82 Å². The van der Waals surface area contributed by atoms with Crippen molar-refractivity contribution in [2.75, 3.05) is 5.73 Å². The summed E-state index contributed by atoms with van der Waals surface area (Å²) in [5.41, 5.74) is 8.20. The first-order chi connectivity index (χ1) is 7.66. The van der Waals surface area contributed by atoms with Crippen LogP contribution in [0.3, 0.4) is 0 Å². The molecule has 0 radical (unpaired) electrons. The topological polar surface area (TPSA) is 52.0 Å². The molecule has 84 valence electrons. The van der Waals surface area contributed by atoms with E-state index < -0.39 is 0 Å². The van der Waals surface area contributed by atoms with Crippen molar-refractivity contribution < 1.29 is 4.52 Å². The van der Waals surface area contributed by atoms with Gasteiger partial charge in [-0.1, -0.05) is 35.0 Å². The van der Waals surface area contributed by atoms with Crippen molar-refractivity contribution in [3.8, 4) is 0 Å². The van der Waals surface area contributed by atoms with Gasteiger partial charge in [-0.2, -0.15) is 0 Å². The molecule has 0 fully saturated rings. The van der Waals surface area contributed by atoms with Gasteiger partial charge >= 0.3 is 0 Å². The summed E-state index contributed by atoms with van der Waals surface area (Å²) in [7, 11) is 0. The van der Waals surface area contributed by atoms with Crippen molar-refractivity contribution in [3.05, 3.63) is 44.7 Å². The molecule has 0 aliphatic carbocycles. The maximum atomic E-state index is 5.62. The largest absolute Gasteiger partial charge is 0.380 e. The highest BCUT2D eigenvalue weighted by molar-refractivity contribution is 14.1. The maximum Gasteiger partial charge on any atom is 0.180 e. The van der Waals surface area contributed by atoms with Gasteiger partial charge < -0.3 is 10.3 Å². The molecule has 0 saturated carbocycles. The van der Waals surface area contributed by atoms with Crippen molar-refractivity contribution in [2.24, 2.45) is 0 Å². The van der Waals surface area contributed by atoms with Crippen LogP contribution in [0.5, 0.6) is 0 Å². The van der Waals surface area contributed by atoms with Gasteiger partial charge in [0.2, 0.25) is 0 Å². The van der Waals surface area contributed by atoms with Gasteiger partial charge in [0.25, 0.3) is 0 Å². The van der Waals surface area contributed by atoms with Gasteiger partial charge in [0, 0.05) is 6.42 Å². The summed E-state index contributed by atoms with van der Waals surface area (Å²) in [4.78, 5) is 0. The van der Waals surface area contributed by atoms with Crippen molar-refractivity contribution in [2.45, 2.75) is 19.8 Å². The van der Waals surface area contributed by atoms with E-state index in [0.717, 1.165) is 22.2 Å². The third kappa shape index (κ3) is 2.55. The molecule has 4 heteroatoms. The van der Waals surface area contributed by atoms with Gasteiger partial charge in [-0.3, -0.25) is 0 Å². The summed E-state index contributed by atoms with van der Waals surface area (Å²) in [6.07, 6.45) is 1.79. The van der Waals surface area contributed by atoms with Crippen LogP contribution in [0, 0.1) is 10.5 Å². The van der Waals surface area contributed by atoms with E-state index in [1.807, 2.05) is 0 Å².